The van der Waals surface area contributed by atoms with E-state index in [1.165, 1.54) is 19.3 Å². The monoisotopic (exact) mass is 253 g/mol. The molecule has 1 amide bonds. The minimum absolute atomic E-state index is 0.371. The Balaban J connectivity index is 1.80. The highest BCUT2D eigenvalue weighted by Crippen LogP contribution is 2.19. The molecule has 18 heavy (non-hydrogen) atoms. The summed E-state index contributed by atoms with van der Waals surface area (Å²) in [5, 5.41) is 3.39. The van der Waals surface area contributed by atoms with E-state index in [1.54, 1.807) is 0 Å². The van der Waals surface area contributed by atoms with E-state index in [4.69, 9.17) is 0 Å². The minimum atomic E-state index is 0.371. The quantitative estimate of drug-likeness (QED) is 0.813. The van der Waals surface area contributed by atoms with Crippen LogP contribution in [-0.2, 0) is 4.79 Å². The Morgan fingerprint density at radius 3 is 2.83 bits per heavy atom. The van der Waals surface area contributed by atoms with E-state index in [1.807, 2.05) is 0 Å². The fraction of sp³-hybridized carbons (Fsp3) is 0.929. The maximum atomic E-state index is 12.3. The molecule has 2 atom stereocenters. The molecule has 2 saturated heterocycles. The van der Waals surface area contributed by atoms with E-state index in [-0.39, 0.29) is 0 Å². The molecule has 104 valence electrons. The molecule has 2 unspecified atom stereocenters. The molecule has 2 heterocycles. The lowest BCUT2D eigenvalue weighted by Gasteiger charge is -2.37. The largest absolute Gasteiger partial charge is 0.341 e. The molecule has 0 saturated carbocycles. The highest BCUT2D eigenvalue weighted by Gasteiger charge is 2.26. The first-order valence-corrected chi connectivity index (χ1v) is 7.31. The van der Waals surface area contributed by atoms with E-state index in [9.17, 15) is 4.79 Å². The van der Waals surface area contributed by atoms with Gasteiger partial charge >= 0.3 is 0 Å². The van der Waals surface area contributed by atoms with Gasteiger partial charge in [0, 0.05) is 25.6 Å². The number of likely N-dealkylation sites (N-methyl/N-ethyl adjacent to an activating group) is 1. The van der Waals surface area contributed by atoms with Crippen molar-refractivity contribution in [1.29, 1.82) is 0 Å². The molecule has 1 N–H and O–H groups in total. The van der Waals surface area contributed by atoms with Gasteiger partial charge in [-0.05, 0) is 58.8 Å². The first kappa shape index (κ1) is 13.8. The average Bonchev–Trinajstić information content (AvgIpc) is 2.40. The Kier molecular flexibility index (Phi) is 5.01. The molecular weight excluding hydrogens is 226 g/mol. The van der Waals surface area contributed by atoms with Gasteiger partial charge in [-0.15, -0.1) is 0 Å². The summed E-state index contributed by atoms with van der Waals surface area (Å²) in [4.78, 5) is 16.7. The standard InChI is InChI=1S/C14H27N3O/c1-16(2)13-6-4-8-17(11-13)14(18)9-12-5-3-7-15-10-12/h12-13,15H,3-11H2,1-2H3. The lowest BCUT2D eigenvalue weighted by Crippen LogP contribution is -2.48. The number of nitrogens with one attached hydrogen (secondary N) is 1. The maximum absolute atomic E-state index is 12.3. The average molecular weight is 253 g/mol. The fourth-order valence-electron chi connectivity index (χ4n) is 3.08. The van der Waals surface area contributed by atoms with E-state index in [0.29, 0.717) is 17.9 Å². The zero-order chi connectivity index (χ0) is 13.0. The number of hydrogen-bond acceptors (Lipinski definition) is 3. The van der Waals surface area contributed by atoms with Crippen LogP contribution in [0.3, 0.4) is 0 Å². The molecule has 2 aliphatic heterocycles. The molecule has 0 radical (unpaired) electrons. The van der Waals surface area contributed by atoms with Crippen molar-refractivity contribution in [1.82, 2.24) is 15.1 Å². The minimum Gasteiger partial charge on any atom is -0.341 e. The van der Waals surface area contributed by atoms with Crippen molar-refractivity contribution in [2.75, 3.05) is 40.3 Å². The number of hydrogen-bond donors (Lipinski definition) is 1. The number of rotatable bonds is 3. The third-order valence-corrected chi connectivity index (χ3v) is 4.34. The van der Waals surface area contributed by atoms with Gasteiger partial charge in [-0.1, -0.05) is 0 Å². The summed E-state index contributed by atoms with van der Waals surface area (Å²) in [6.45, 7) is 4.03. The van der Waals surface area contributed by atoms with Crippen LogP contribution >= 0.6 is 0 Å². The summed E-state index contributed by atoms with van der Waals surface area (Å²) in [7, 11) is 4.23. The summed E-state index contributed by atoms with van der Waals surface area (Å²) in [5.74, 6) is 0.932. The zero-order valence-corrected chi connectivity index (χ0v) is 11.8. The van der Waals surface area contributed by atoms with Crippen molar-refractivity contribution >= 4 is 5.91 Å². The Hall–Kier alpha value is -0.610. The number of nitrogens with zero attached hydrogens (tertiary/aromatic N) is 2. The van der Waals surface area contributed by atoms with Crippen LogP contribution in [0.4, 0.5) is 0 Å². The van der Waals surface area contributed by atoms with Gasteiger partial charge in [0.05, 0.1) is 0 Å². The molecule has 0 bridgehead atoms. The fourth-order valence-corrected chi connectivity index (χ4v) is 3.08. The van der Waals surface area contributed by atoms with Crippen LogP contribution in [0.5, 0.6) is 0 Å². The Morgan fingerprint density at radius 2 is 2.17 bits per heavy atom. The van der Waals surface area contributed by atoms with Crippen molar-refractivity contribution in [3.8, 4) is 0 Å². The predicted molar refractivity (Wildman–Crippen MR) is 73.5 cm³/mol. The second-order valence-corrected chi connectivity index (χ2v) is 6.02. The van der Waals surface area contributed by atoms with E-state index in [0.717, 1.165) is 39.0 Å². The van der Waals surface area contributed by atoms with Gasteiger partial charge in [-0.2, -0.15) is 0 Å². The SMILES string of the molecule is CN(C)C1CCCN(C(=O)CC2CCCNC2)C1. The topological polar surface area (TPSA) is 35.6 Å². The molecule has 4 nitrogen and oxygen atoms in total. The highest BCUT2D eigenvalue weighted by atomic mass is 16.2. The van der Waals surface area contributed by atoms with Gasteiger partial charge in [-0.25, -0.2) is 0 Å². The van der Waals surface area contributed by atoms with Crippen LogP contribution in [0.2, 0.25) is 0 Å². The van der Waals surface area contributed by atoms with E-state index in [2.05, 4.69) is 29.2 Å². The third kappa shape index (κ3) is 3.69. The van der Waals surface area contributed by atoms with Crippen LogP contribution in [0.25, 0.3) is 0 Å². The Bertz CT molecular complexity index is 274. The molecule has 0 aromatic heterocycles. The molecule has 2 aliphatic rings. The highest BCUT2D eigenvalue weighted by molar-refractivity contribution is 5.76. The zero-order valence-electron chi connectivity index (χ0n) is 11.8. The predicted octanol–water partition coefficient (Wildman–Crippen LogP) is 0.929. The van der Waals surface area contributed by atoms with Gasteiger partial charge < -0.3 is 15.1 Å². The second-order valence-electron chi connectivity index (χ2n) is 6.02. The van der Waals surface area contributed by atoms with Crippen LogP contribution < -0.4 is 5.32 Å². The molecular formula is C14H27N3O. The maximum Gasteiger partial charge on any atom is 0.222 e. The summed E-state index contributed by atoms with van der Waals surface area (Å²) >= 11 is 0. The molecule has 2 fully saturated rings. The van der Waals surface area contributed by atoms with Crippen molar-refractivity contribution in [3.63, 3.8) is 0 Å². The molecule has 2 rings (SSSR count). The smallest absolute Gasteiger partial charge is 0.222 e. The lowest BCUT2D eigenvalue weighted by molar-refractivity contribution is -0.134. The van der Waals surface area contributed by atoms with Crippen molar-refractivity contribution in [2.45, 2.75) is 38.1 Å². The molecule has 0 spiro atoms. The summed E-state index contributed by atoms with van der Waals surface area (Å²) in [5.41, 5.74) is 0. The number of carbonyl (C=O) groups excluding carboxylic acids is 1. The van der Waals surface area contributed by atoms with Gasteiger partial charge in [0.25, 0.3) is 0 Å². The van der Waals surface area contributed by atoms with Gasteiger partial charge in [0.2, 0.25) is 5.91 Å². The van der Waals surface area contributed by atoms with Gasteiger partial charge in [-0.3, -0.25) is 4.79 Å². The van der Waals surface area contributed by atoms with Crippen molar-refractivity contribution < 1.29 is 4.79 Å². The molecule has 0 aliphatic carbocycles. The Labute approximate surface area is 111 Å². The molecule has 0 aromatic carbocycles. The van der Waals surface area contributed by atoms with Crippen LogP contribution in [-0.4, -0.2) is 62.0 Å². The van der Waals surface area contributed by atoms with Gasteiger partial charge in [0.15, 0.2) is 0 Å². The Morgan fingerprint density at radius 1 is 1.33 bits per heavy atom. The first-order chi connectivity index (χ1) is 8.66. The summed E-state index contributed by atoms with van der Waals surface area (Å²) < 4.78 is 0. The van der Waals surface area contributed by atoms with Crippen molar-refractivity contribution in [2.24, 2.45) is 5.92 Å². The second kappa shape index (κ2) is 6.53. The molecule has 4 heteroatoms. The molecule has 0 aromatic rings. The lowest BCUT2D eigenvalue weighted by atomic mass is 9.95. The van der Waals surface area contributed by atoms with E-state index >= 15 is 0 Å². The first-order valence-electron chi connectivity index (χ1n) is 7.31. The number of likely N-dealkylation sites (tertiary alicyclic amines) is 1. The number of carbonyl (C=O) groups is 1. The summed E-state index contributed by atoms with van der Waals surface area (Å²) in [6.07, 6.45) is 5.55. The van der Waals surface area contributed by atoms with Crippen LogP contribution in [0, 0.1) is 5.92 Å². The summed E-state index contributed by atoms with van der Waals surface area (Å²) in [6, 6.07) is 0.548. The van der Waals surface area contributed by atoms with E-state index < -0.39 is 0 Å². The number of piperidine rings is 2. The van der Waals surface area contributed by atoms with Crippen molar-refractivity contribution in [3.05, 3.63) is 0 Å². The normalized spacial score (nSPS) is 29.6. The number of amides is 1. The van der Waals surface area contributed by atoms with Crippen LogP contribution in [0.1, 0.15) is 32.1 Å². The van der Waals surface area contributed by atoms with Gasteiger partial charge in [0.1, 0.15) is 0 Å². The third-order valence-electron chi connectivity index (χ3n) is 4.34. The van der Waals surface area contributed by atoms with Crippen LogP contribution in [0.15, 0.2) is 0 Å².